The molecule has 0 unspecified atom stereocenters. The second kappa shape index (κ2) is 10.0. The lowest BCUT2D eigenvalue weighted by Crippen LogP contribution is -2.35. The highest BCUT2D eigenvalue weighted by atomic mass is 35.5. The van der Waals surface area contributed by atoms with Crippen molar-refractivity contribution in [1.29, 1.82) is 0 Å². The second-order valence-corrected chi connectivity index (χ2v) is 7.67. The fourth-order valence-electron chi connectivity index (χ4n) is 3.26. The van der Waals surface area contributed by atoms with Gasteiger partial charge in [-0.3, -0.25) is 25.1 Å². The largest absolute Gasteiger partial charge is 0.415 e. The van der Waals surface area contributed by atoms with Gasteiger partial charge in [-0.15, -0.1) is 0 Å². The highest BCUT2D eigenvalue weighted by Crippen LogP contribution is 2.33. The van der Waals surface area contributed by atoms with Crippen LogP contribution in [0, 0.1) is 10.1 Å². The van der Waals surface area contributed by atoms with Crippen LogP contribution in [0.25, 0.3) is 12.2 Å². The summed E-state index contributed by atoms with van der Waals surface area (Å²) in [5, 5.41) is 13.2. The number of carbonyl (C=O) groups excluding carboxylic acids is 3. The zero-order valence-corrected chi connectivity index (χ0v) is 18.6. The van der Waals surface area contributed by atoms with Crippen LogP contribution < -0.4 is 15.2 Å². The van der Waals surface area contributed by atoms with E-state index < -0.39 is 34.1 Å². The molecule has 10 heteroatoms. The first-order valence-electron chi connectivity index (χ1n) is 10.2. The fraction of sp³-hybridized carbons (Fsp3) is 0. The Morgan fingerprint density at radius 2 is 1.71 bits per heavy atom. The predicted molar refractivity (Wildman–Crippen MR) is 129 cm³/mol. The number of rotatable bonds is 6. The van der Waals surface area contributed by atoms with Crippen molar-refractivity contribution in [3.05, 3.63) is 111 Å². The summed E-state index contributed by atoms with van der Waals surface area (Å²) in [5.74, 6) is -2.64. The summed E-state index contributed by atoms with van der Waals surface area (Å²) in [5.41, 5.74) is 2.78. The fourth-order valence-corrected chi connectivity index (χ4v) is 3.38. The van der Waals surface area contributed by atoms with Gasteiger partial charge in [0.1, 0.15) is 5.57 Å². The molecule has 1 aliphatic heterocycles. The molecule has 0 saturated carbocycles. The van der Waals surface area contributed by atoms with Gasteiger partial charge in [0.05, 0.1) is 10.6 Å². The van der Waals surface area contributed by atoms with Gasteiger partial charge < -0.3 is 4.74 Å². The van der Waals surface area contributed by atoms with Gasteiger partial charge in [0.15, 0.2) is 0 Å². The van der Waals surface area contributed by atoms with Crippen LogP contribution in [0.4, 0.5) is 11.4 Å². The number of ether oxygens (including phenoxy) is 1. The first-order chi connectivity index (χ1) is 16.8. The number of nitro benzene ring substituents is 1. The monoisotopic (exact) mass is 489 g/mol. The van der Waals surface area contributed by atoms with Crippen molar-refractivity contribution in [2.24, 2.45) is 0 Å². The third-order valence-electron chi connectivity index (χ3n) is 4.91. The Labute approximate surface area is 204 Å². The third-order valence-corrected chi connectivity index (χ3v) is 5.16. The Kier molecular flexibility index (Phi) is 6.70. The molecule has 2 amide bonds. The number of para-hydroxylation sites is 2. The quantitative estimate of drug-likeness (QED) is 0.137. The minimum Gasteiger partial charge on any atom is -0.415 e. The van der Waals surface area contributed by atoms with Gasteiger partial charge in [-0.1, -0.05) is 54.1 Å². The van der Waals surface area contributed by atoms with E-state index in [1.807, 2.05) is 0 Å². The lowest BCUT2D eigenvalue weighted by molar-refractivity contribution is -0.385. The number of carbonyl (C=O) groups is 3. The number of nitrogens with one attached hydrogen (secondary N) is 1. The number of halogens is 1. The zero-order chi connectivity index (χ0) is 24.9. The van der Waals surface area contributed by atoms with Crippen LogP contribution in [0.5, 0.6) is 5.75 Å². The topological polar surface area (TPSA) is 119 Å². The van der Waals surface area contributed by atoms with Crippen molar-refractivity contribution in [3.63, 3.8) is 0 Å². The molecule has 0 bridgehead atoms. The van der Waals surface area contributed by atoms with Gasteiger partial charge in [-0.05, 0) is 42.0 Å². The minimum atomic E-state index is -0.887. The predicted octanol–water partition coefficient (Wildman–Crippen LogP) is 4.33. The number of hydrogen-bond donors (Lipinski definition) is 1. The maximum atomic E-state index is 12.9. The average molecular weight is 490 g/mol. The van der Waals surface area contributed by atoms with E-state index in [4.69, 9.17) is 16.3 Å². The second-order valence-electron chi connectivity index (χ2n) is 7.23. The molecule has 4 rings (SSSR count). The van der Waals surface area contributed by atoms with Gasteiger partial charge in [-0.25, -0.2) is 9.80 Å². The number of benzene rings is 3. The molecule has 1 N–H and O–H groups in total. The standard InChI is InChI=1S/C25H16ClN3O6/c26-18-12-9-16(10-13-18)11-14-22(30)35-23-17(5-4-8-21(23)29(33)34)15-20-24(31)27-28(25(20)32)19-6-2-1-3-7-19/h1-15H,(H,27,31)/b14-11+,20-15-. The SMILES string of the molecule is O=C(/C=C/c1ccc(Cl)cc1)Oc1c(/C=C2/C(=O)NN(c3ccccc3)C2=O)cccc1[N+](=O)[O-]. The summed E-state index contributed by atoms with van der Waals surface area (Å²) in [6, 6.07) is 19.0. The van der Waals surface area contributed by atoms with Crippen LogP contribution in [-0.4, -0.2) is 22.7 Å². The summed E-state index contributed by atoms with van der Waals surface area (Å²) in [7, 11) is 0. The molecule has 0 atom stereocenters. The minimum absolute atomic E-state index is 0.0147. The number of hydrazine groups is 1. The van der Waals surface area contributed by atoms with Crippen molar-refractivity contribution >= 4 is 52.9 Å². The van der Waals surface area contributed by atoms with Gasteiger partial charge in [0.2, 0.25) is 5.75 Å². The van der Waals surface area contributed by atoms with Crippen LogP contribution in [0.2, 0.25) is 5.02 Å². The summed E-state index contributed by atoms with van der Waals surface area (Å²) < 4.78 is 5.28. The van der Waals surface area contributed by atoms with Crippen LogP contribution >= 0.6 is 11.6 Å². The Morgan fingerprint density at radius 1 is 1.00 bits per heavy atom. The van der Waals surface area contributed by atoms with E-state index in [1.165, 1.54) is 18.2 Å². The molecular formula is C25H16ClN3O6. The smallest absolute Gasteiger partial charge is 0.336 e. The highest BCUT2D eigenvalue weighted by Gasteiger charge is 2.35. The van der Waals surface area contributed by atoms with Crippen molar-refractivity contribution in [2.75, 3.05) is 5.01 Å². The van der Waals surface area contributed by atoms with Crippen molar-refractivity contribution in [2.45, 2.75) is 0 Å². The number of amides is 2. The summed E-state index contributed by atoms with van der Waals surface area (Å²) in [4.78, 5) is 48.7. The molecule has 1 fully saturated rings. The van der Waals surface area contributed by atoms with Gasteiger partial charge in [0.25, 0.3) is 11.8 Å². The molecule has 3 aromatic carbocycles. The lowest BCUT2D eigenvalue weighted by atomic mass is 10.1. The van der Waals surface area contributed by atoms with Gasteiger partial charge >= 0.3 is 11.7 Å². The van der Waals surface area contributed by atoms with Crippen LogP contribution in [0.15, 0.2) is 84.4 Å². The highest BCUT2D eigenvalue weighted by molar-refractivity contribution is 6.32. The molecule has 0 aromatic heterocycles. The molecule has 1 aliphatic rings. The Balaban J connectivity index is 1.65. The van der Waals surface area contributed by atoms with Crippen molar-refractivity contribution < 1.29 is 24.0 Å². The first-order valence-corrected chi connectivity index (χ1v) is 10.6. The lowest BCUT2D eigenvalue weighted by Gasteiger charge is -2.13. The normalized spacial score (nSPS) is 14.4. The number of esters is 1. The summed E-state index contributed by atoms with van der Waals surface area (Å²) in [6.45, 7) is 0. The van der Waals surface area contributed by atoms with Gasteiger partial charge in [0, 0.05) is 22.7 Å². The molecule has 1 heterocycles. The van der Waals surface area contributed by atoms with Crippen LogP contribution in [0.1, 0.15) is 11.1 Å². The third kappa shape index (κ3) is 5.26. The van der Waals surface area contributed by atoms with E-state index in [0.29, 0.717) is 16.3 Å². The Hall–Kier alpha value is -4.76. The van der Waals surface area contributed by atoms with E-state index in [9.17, 15) is 24.5 Å². The number of nitrogens with zero attached hydrogens (tertiary/aromatic N) is 2. The summed E-state index contributed by atoms with van der Waals surface area (Å²) >= 11 is 5.84. The van der Waals surface area contributed by atoms with E-state index in [1.54, 1.807) is 54.6 Å². The van der Waals surface area contributed by atoms with Crippen LogP contribution in [0.3, 0.4) is 0 Å². The maximum absolute atomic E-state index is 12.9. The Bertz CT molecular complexity index is 1380. The van der Waals surface area contributed by atoms with Gasteiger partial charge in [-0.2, -0.15) is 0 Å². The van der Waals surface area contributed by atoms with Crippen molar-refractivity contribution in [3.8, 4) is 5.75 Å². The molecule has 3 aromatic rings. The number of nitro groups is 1. The summed E-state index contributed by atoms with van der Waals surface area (Å²) in [6.07, 6.45) is 3.71. The Morgan fingerprint density at radius 3 is 2.40 bits per heavy atom. The molecule has 35 heavy (non-hydrogen) atoms. The van der Waals surface area contributed by atoms with E-state index in [2.05, 4.69) is 5.43 Å². The molecule has 0 aliphatic carbocycles. The van der Waals surface area contributed by atoms with E-state index in [0.717, 1.165) is 23.2 Å². The molecule has 0 spiro atoms. The van der Waals surface area contributed by atoms with E-state index >= 15 is 0 Å². The molecule has 174 valence electrons. The molecule has 1 saturated heterocycles. The molecule has 9 nitrogen and oxygen atoms in total. The zero-order valence-electron chi connectivity index (χ0n) is 17.9. The van der Waals surface area contributed by atoms with Crippen LogP contribution in [-0.2, 0) is 14.4 Å². The van der Waals surface area contributed by atoms with E-state index in [-0.39, 0.29) is 11.1 Å². The van der Waals surface area contributed by atoms with Crippen molar-refractivity contribution in [1.82, 2.24) is 5.43 Å². The molecule has 0 radical (unpaired) electrons. The molecular weight excluding hydrogens is 474 g/mol. The average Bonchev–Trinajstić information content (AvgIpc) is 3.13. The maximum Gasteiger partial charge on any atom is 0.336 e. The number of anilines is 1. The first kappa shape index (κ1) is 23.4. The number of hydrogen-bond acceptors (Lipinski definition) is 6.